The van der Waals surface area contributed by atoms with Gasteiger partial charge in [-0.05, 0) is 18.2 Å². The van der Waals surface area contributed by atoms with Crippen LogP contribution in [0.3, 0.4) is 0 Å². The zero-order valence-corrected chi connectivity index (χ0v) is 8.40. The van der Waals surface area contributed by atoms with Gasteiger partial charge >= 0.3 is 5.97 Å². The highest BCUT2D eigenvalue weighted by atomic mass is 16.5. The normalized spacial score (nSPS) is 14.7. The summed E-state index contributed by atoms with van der Waals surface area (Å²) in [6, 6.07) is 6.89. The third-order valence-corrected chi connectivity index (χ3v) is 2.43. The van der Waals surface area contributed by atoms with Crippen LogP contribution in [0.25, 0.3) is 0 Å². The number of carbonyl (C=O) groups is 2. The van der Waals surface area contributed by atoms with Crippen LogP contribution in [0.1, 0.15) is 16.8 Å². The summed E-state index contributed by atoms with van der Waals surface area (Å²) in [7, 11) is 1.34. The molecule has 0 aliphatic carbocycles. The fourth-order valence-corrected chi connectivity index (χ4v) is 1.51. The van der Waals surface area contributed by atoms with Gasteiger partial charge in [0, 0.05) is 18.7 Å². The van der Waals surface area contributed by atoms with Crippen molar-refractivity contribution in [2.45, 2.75) is 6.42 Å². The van der Waals surface area contributed by atoms with Crippen molar-refractivity contribution in [1.82, 2.24) is 0 Å². The Morgan fingerprint density at radius 2 is 2.27 bits per heavy atom. The number of β-lactam (4-membered cyclic amide) rings is 1. The van der Waals surface area contributed by atoms with E-state index in [0.29, 0.717) is 12.0 Å². The molecule has 78 valence electrons. The molecule has 2 rings (SSSR count). The third kappa shape index (κ3) is 1.70. The van der Waals surface area contributed by atoms with E-state index < -0.39 is 0 Å². The van der Waals surface area contributed by atoms with Crippen LogP contribution in [0.2, 0.25) is 0 Å². The van der Waals surface area contributed by atoms with Gasteiger partial charge in [0.15, 0.2) is 0 Å². The van der Waals surface area contributed by atoms with E-state index in [-0.39, 0.29) is 11.9 Å². The molecule has 0 radical (unpaired) electrons. The number of hydrogen-bond acceptors (Lipinski definition) is 3. The second-order valence-corrected chi connectivity index (χ2v) is 3.34. The lowest BCUT2D eigenvalue weighted by Crippen LogP contribution is -2.43. The standard InChI is InChI=1S/C11H11NO3/c1-15-11(14)8-3-2-4-9(7-8)12-6-5-10(12)13/h2-4,7H,5-6H2,1H3. The quantitative estimate of drug-likeness (QED) is 0.538. The van der Waals surface area contributed by atoms with Crippen molar-refractivity contribution >= 4 is 17.6 Å². The summed E-state index contributed by atoms with van der Waals surface area (Å²) in [6.07, 6.45) is 0.586. The third-order valence-electron chi connectivity index (χ3n) is 2.43. The summed E-state index contributed by atoms with van der Waals surface area (Å²) in [5.74, 6) is -0.290. The van der Waals surface area contributed by atoms with Gasteiger partial charge in [-0.2, -0.15) is 0 Å². The van der Waals surface area contributed by atoms with E-state index in [2.05, 4.69) is 4.74 Å². The summed E-state index contributed by atoms with van der Waals surface area (Å²) in [5.41, 5.74) is 1.23. The molecule has 1 aromatic carbocycles. The van der Waals surface area contributed by atoms with Gasteiger partial charge in [-0.3, -0.25) is 4.79 Å². The molecule has 0 N–H and O–H groups in total. The van der Waals surface area contributed by atoms with Gasteiger partial charge in [-0.1, -0.05) is 6.07 Å². The summed E-state index contributed by atoms with van der Waals surface area (Å²) >= 11 is 0. The van der Waals surface area contributed by atoms with Crippen molar-refractivity contribution in [2.24, 2.45) is 0 Å². The van der Waals surface area contributed by atoms with Crippen LogP contribution in [0, 0.1) is 0 Å². The van der Waals surface area contributed by atoms with Crippen molar-refractivity contribution in [3.8, 4) is 0 Å². The van der Waals surface area contributed by atoms with Crippen LogP contribution in [0.15, 0.2) is 24.3 Å². The first-order chi connectivity index (χ1) is 7.22. The summed E-state index contributed by atoms with van der Waals surface area (Å²) in [4.78, 5) is 24.1. The second-order valence-electron chi connectivity index (χ2n) is 3.34. The number of esters is 1. The molecule has 0 unspecified atom stereocenters. The molecule has 0 atom stereocenters. The Hall–Kier alpha value is -1.84. The molecular formula is C11H11NO3. The predicted octanol–water partition coefficient (Wildman–Crippen LogP) is 1.21. The molecule has 1 aliphatic heterocycles. The number of carbonyl (C=O) groups excluding carboxylic acids is 2. The van der Waals surface area contributed by atoms with Crippen molar-refractivity contribution in [3.05, 3.63) is 29.8 Å². The van der Waals surface area contributed by atoms with Crippen LogP contribution in [0.4, 0.5) is 5.69 Å². The summed E-state index contributed by atoms with van der Waals surface area (Å²) < 4.78 is 4.61. The van der Waals surface area contributed by atoms with E-state index in [0.717, 1.165) is 12.2 Å². The van der Waals surface area contributed by atoms with Gasteiger partial charge in [0.25, 0.3) is 0 Å². The van der Waals surface area contributed by atoms with E-state index in [1.807, 2.05) is 6.07 Å². The maximum atomic E-state index is 11.3. The van der Waals surface area contributed by atoms with E-state index in [1.165, 1.54) is 7.11 Å². The molecule has 1 amide bonds. The number of anilines is 1. The fourth-order valence-electron chi connectivity index (χ4n) is 1.51. The van der Waals surface area contributed by atoms with Crippen molar-refractivity contribution in [2.75, 3.05) is 18.6 Å². The molecular weight excluding hydrogens is 194 g/mol. The molecule has 1 saturated heterocycles. The van der Waals surface area contributed by atoms with Crippen LogP contribution in [-0.4, -0.2) is 25.5 Å². The second kappa shape index (κ2) is 3.73. The predicted molar refractivity (Wildman–Crippen MR) is 54.8 cm³/mol. The largest absolute Gasteiger partial charge is 0.465 e. The number of amides is 1. The Balaban J connectivity index is 2.26. The maximum Gasteiger partial charge on any atom is 0.337 e. The lowest BCUT2D eigenvalue weighted by atomic mass is 10.1. The minimum atomic E-state index is -0.384. The fraction of sp³-hybridized carbons (Fsp3) is 0.273. The number of nitrogens with zero attached hydrogens (tertiary/aromatic N) is 1. The molecule has 1 heterocycles. The first-order valence-corrected chi connectivity index (χ1v) is 4.71. The lowest BCUT2D eigenvalue weighted by Gasteiger charge is -2.30. The van der Waals surface area contributed by atoms with Gasteiger partial charge in [-0.25, -0.2) is 4.79 Å². The first kappa shape index (κ1) is 9.71. The van der Waals surface area contributed by atoms with Crippen molar-refractivity contribution in [1.29, 1.82) is 0 Å². The van der Waals surface area contributed by atoms with E-state index in [4.69, 9.17) is 0 Å². The van der Waals surface area contributed by atoms with Gasteiger partial charge in [0.2, 0.25) is 5.91 Å². The average molecular weight is 205 g/mol. The maximum absolute atomic E-state index is 11.3. The molecule has 4 heteroatoms. The Morgan fingerprint density at radius 1 is 1.47 bits per heavy atom. The molecule has 1 aliphatic rings. The Bertz CT molecular complexity index is 414. The first-order valence-electron chi connectivity index (χ1n) is 4.71. The zero-order valence-electron chi connectivity index (χ0n) is 8.40. The topological polar surface area (TPSA) is 46.6 Å². The van der Waals surface area contributed by atoms with Gasteiger partial charge in [0.1, 0.15) is 0 Å². The van der Waals surface area contributed by atoms with Gasteiger partial charge < -0.3 is 9.64 Å². The molecule has 15 heavy (non-hydrogen) atoms. The molecule has 0 spiro atoms. The molecule has 0 bridgehead atoms. The zero-order chi connectivity index (χ0) is 10.8. The van der Waals surface area contributed by atoms with Crippen LogP contribution >= 0.6 is 0 Å². The van der Waals surface area contributed by atoms with Crippen molar-refractivity contribution < 1.29 is 14.3 Å². The molecule has 4 nitrogen and oxygen atoms in total. The summed E-state index contributed by atoms with van der Waals surface area (Å²) in [6.45, 7) is 0.726. The highest BCUT2D eigenvalue weighted by molar-refractivity contribution is 6.00. The number of hydrogen-bond donors (Lipinski definition) is 0. The van der Waals surface area contributed by atoms with Crippen LogP contribution < -0.4 is 4.90 Å². The Morgan fingerprint density at radius 3 is 2.80 bits per heavy atom. The molecule has 1 fully saturated rings. The van der Waals surface area contributed by atoms with Crippen LogP contribution in [0.5, 0.6) is 0 Å². The number of ether oxygens (including phenoxy) is 1. The highest BCUT2D eigenvalue weighted by Gasteiger charge is 2.25. The SMILES string of the molecule is COC(=O)c1cccc(N2CCC2=O)c1. The average Bonchev–Trinajstić information content (AvgIpc) is 2.26. The number of methoxy groups -OCH3 is 1. The molecule has 0 saturated carbocycles. The van der Waals surface area contributed by atoms with E-state index >= 15 is 0 Å². The lowest BCUT2D eigenvalue weighted by molar-refractivity contribution is -0.122. The van der Waals surface area contributed by atoms with E-state index in [1.54, 1.807) is 23.1 Å². The van der Waals surface area contributed by atoms with Crippen molar-refractivity contribution in [3.63, 3.8) is 0 Å². The highest BCUT2D eigenvalue weighted by Crippen LogP contribution is 2.22. The number of benzene rings is 1. The smallest absolute Gasteiger partial charge is 0.337 e. The van der Waals surface area contributed by atoms with Gasteiger partial charge in [-0.15, -0.1) is 0 Å². The minimum absolute atomic E-state index is 0.0945. The van der Waals surface area contributed by atoms with Crippen LogP contribution in [-0.2, 0) is 9.53 Å². The van der Waals surface area contributed by atoms with Gasteiger partial charge in [0.05, 0.1) is 12.7 Å². The minimum Gasteiger partial charge on any atom is -0.465 e. The molecule has 1 aromatic rings. The molecule has 0 aromatic heterocycles. The number of rotatable bonds is 2. The monoisotopic (exact) mass is 205 g/mol. The Labute approximate surface area is 87.4 Å². The van der Waals surface area contributed by atoms with E-state index in [9.17, 15) is 9.59 Å². The summed E-state index contributed by atoms with van der Waals surface area (Å²) in [5, 5.41) is 0. The Kier molecular flexibility index (Phi) is 2.41.